The van der Waals surface area contributed by atoms with Crippen LogP contribution in [0.5, 0.6) is 0 Å². The molecule has 6 nitrogen and oxygen atoms in total. The standard InChI is InChI=1S/C18H28N4O2/c1-6-21-10-11-22-15(12-19-16(22)13-21)9-7-8-14(2)20-17(23)24-18(3,4)5/h12,14H,6,8,10-11,13H2,1-5H3,(H,20,23)/t14-/m0/s1. The monoisotopic (exact) mass is 332 g/mol. The highest BCUT2D eigenvalue weighted by Gasteiger charge is 2.18. The molecule has 1 aromatic heterocycles. The van der Waals surface area contributed by atoms with E-state index in [1.54, 1.807) is 0 Å². The third-order valence-corrected chi connectivity index (χ3v) is 3.78. The van der Waals surface area contributed by atoms with Gasteiger partial charge < -0.3 is 14.6 Å². The third kappa shape index (κ3) is 5.27. The molecule has 132 valence electrons. The number of imidazole rings is 1. The van der Waals surface area contributed by atoms with Gasteiger partial charge in [-0.1, -0.05) is 12.8 Å². The van der Waals surface area contributed by atoms with Crippen LogP contribution in [-0.4, -0.2) is 45.3 Å². The Morgan fingerprint density at radius 2 is 2.21 bits per heavy atom. The molecule has 0 fully saturated rings. The Morgan fingerprint density at radius 1 is 1.46 bits per heavy atom. The molecular weight excluding hydrogens is 304 g/mol. The summed E-state index contributed by atoms with van der Waals surface area (Å²) in [4.78, 5) is 18.5. The van der Waals surface area contributed by atoms with Crippen molar-refractivity contribution < 1.29 is 9.53 Å². The van der Waals surface area contributed by atoms with Gasteiger partial charge in [0.05, 0.1) is 12.7 Å². The van der Waals surface area contributed by atoms with Crippen LogP contribution in [0.2, 0.25) is 0 Å². The number of rotatable bonds is 3. The Hall–Kier alpha value is -2.00. The minimum atomic E-state index is -0.488. The number of carbonyl (C=O) groups is 1. The number of carbonyl (C=O) groups excluding carboxylic acids is 1. The summed E-state index contributed by atoms with van der Waals surface area (Å²) in [6, 6.07) is -0.0633. The van der Waals surface area contributed by atoms with Crippen molar-refractivity contribution in [2.45, 2.75) is 65.8 Å². The average Bonchev–Trinajstić information content (AvgIpc) is 2.87. The van der Waals surface area contributed by atoms with Crippen LogP contribution in [0.25, 0.3) is 0 Å². The van der Waals surface area contributed by atoms with Gasteiger partial charge in [0, 0.05) is 25.6 Å². The van der Waals surface area contributed by atoms with Gasteiger partial charge in [-0.15, -0.1) is 0 Å². The molecule has 0 spiro atoms. The van der Waals surface area contributed by atoms with E-state index in [0.29, 0.717) is 6.42 Å². The molecule has 2 heterocycles. The molecule has 1 aromatic rings. The quantitative estimate of drug-likeness (QED) is 0.864. The minimum absolute atomic E-state index is 0.0633. The first-order chi connectivity index (χ1) is 11.3. The second kappa shape index (κ2) is 7.71. The summed E-state index contributed by atoms with van der Waals surface area (Å²) >= 11 is 0. The number of alkyl carbamates (subject to hydrolysis) is 1. The van der Waals surface area contributed by atoms with Crippen LogP contribution in [0.3, 0.4) is 0 Å². The maximum absolute atomic E-state index is 11.7. The van der Waals surface area contributed by atoms with Gasteiger partial charge in [0.15, 0.2) is 0 Å². The number of ether oxygens (including phenoxy) is 1. The van der Waals surface area contributed by atoms with E-state index in [0.717, 1.165) is 37.7 Å². The van der Waals surface area contributed by atoms with Gasteiger partial charge in [0.25, 0.3) is 0 Å². The van der Waals surface area contributed by atoms with Gasteiger partial charge in [-0.05, 0) is 40.2 Å². The molecule has 0 bridgehead atoms. The minimum Gasteiger partial charge on any atom is -0.444 e. The zero-order valence-electron chi connectivity index (χ0n) is 15.3. The molecule has 2 rings (SSSR count). The molecule has 1 aliphatic rings. The SMILES string of the molecule is CCN1CCn2c(C#CC[C@H](C)NC(=O)OC(C)(C)C)cnc2C1. The fourth-order valence-corrected chi connectivity index (χ4v) is 2.53. The number of hydrogen-bond acceptors (Lipinski definition) is 4. The van der Waals surface area contributed by atoms with E-state index < -0.39 is 11.7 Å². The van der Waals surface area contributed by atoms with E-state index in [4.69, 9.17) is 4.74 Å². The van der Waals surface area contributed by atoms with Gasteiger partial charge in [0.1, 0.15) is 17.1 Å². The number of nitrogens with one attached hydrogen (secondary N) is 1. The number of nitrogens with zero attached hydrogens (tertiary/aromatic N) is 3. The number of hydrogen-bond donors (Lipinski definition) is 1. The van der Waals surface area contributed by atoms with Crippen LogP contribution < -0.4 is 5.32 Å². The molecule has 1 amide bonds. The summed E-state index contributed by atoms with van der Waals surface area (Å²) in [6.45, 7) is 13.5. The van der Waals surface area contributed by atoms with Crippen molar-refractivity contribution in [3.05, 3.63) is 17.7 Å². The van der Waals surface area contributed by atoms with Gasteiger partial charge in [-0.25, -0.2) is 9.78 Å². The normalized spacial score (nSPS) is 15.9. The Morgan fingerprint density at radius 3 is 2.88 bits per heavy atom. The van der Waals surface area contributed by atoms with Crippen molar-refractivity contribution >= 4 is 6.09 Å². The predicted octanol–water partition coefficient (Wildman–Crippen LogP) is 2.37. The predicted molar refractivity (Wildman–Crippen MR) is 93.5 cm³/mol. The Labute approximate surface area is 144 Å². The zero-order valence-corrected chi connectivity index (χ0v) is 15.3. The largest absolute Gasteiger partial charge is 0.444 e. The van der Waals surface area contributed by atoms with Gasteiger partial charge >= 0.3 is 6.09 Å². The average molecular weight is 332 g/mol. The third-order valence-electron chi connectivity index (χ3n) is 3.78. The lowest BCUT2D eigenvalue weighted by atomic mass is 10.2. The van der Waals surface area contributed by atoms with Crippen LogP contribution in [0.1, 0.15) is 52.6 Å². The second-order valence-corrected chi connectivity index (χ2v) is 7.13. The van der Waals surface area contributed by atoms with Crippen molar-refractivity contribution in [2.24, 2.45) is 0 Å². The summed E-state index contributed by atoms with van der Waals surface area (Å²) < 4.78 is 7.42. The smallest absolute Gasteiger partial charge is 0.407 e. The maximum Gasteiger partial charge on any atom is 0.407 e. The highest BCUT2D eigenvalue weighted by atomic mass is 16.6. The summed E-state index contributed by atoms with van der Waals surface area (Å²) in [6.07, 6.45) is 2.01. The highest BCUT2D eigenvalue weighted by Crippen LogP contribution is 2.13. The summed E-state index contributed by atoms with van der Waals surface area (Å²) in [5, 5.41) is 2.80. The van der Waals surface area contributed by atoms with Crippen molar-refractivity contribution in [2.75, 3.05) is 13.1 Å². The first-order valence-electron chi connectivity index (χ1n) is 8.53. The van der Waals surface area contributed by atoms with Crippen LogP contribution in [-0.2, 0) is 17.8 Å². The lowest BCUT2D eigenvalue weighted by molar-refractivity contribution is 0.0509. The Balaban J connectivity index is 1.88. The van der Waals surface area contributed by atoms with Crippen LogP contribution in [0.15, 0.2) is 6.20 Å². The Bertz CT molecular complexity index is 634. The van der Waals surface area contributed by atoms with E-state index >= 15 is 0 Å². The molecule has 1 aliphatic heterocycles. The van der Waals surface area contributed by atoms with Gasteiger partial charge in [-0.3, -0.25) is 4.90 Å². The first-order valence-corrected chi connectivity index (χ1v) is 8.53. The number of likely N-dealkylation sites (N-methyl/N-ethyl adjacent to an activating group) is 1. The van der Waals surface area contributed by atoms with Gasteiger partial charge in [-0.2, -0.15) is 0 Å². The van der Waals surface area contributed by atoms with Gasteiger partial charge in [0.2, 0.25) is 0 Å². The maximum atomic E-state index is 11.7. The molecule has 24 heavy (non-hydrogen) atoms. The number of aromatic nitrogens is 2. The van der Waals surface area contributed by atoms with E-state index in [9.17, 15) is 4.79 Å². The molecule has 1 N–H and O–H groups in total. The highest BCUT2D eigenvalue weighted by molar-refractivity contribution is 5.68. The molecule has 0 radical (unpaired) electrons. The van der Waals surface area contributed by atoms with Crippen molar-refractivity contribution in [3.63, 3.8) is 0 Å². The summed E-state index contributed by atoms with van der Waals surface area (Å²) in [5.74, 6) is 7.39. The summed E-state index contributed by atoms with van der Waals surface area (Å²) in [7, 11) is 0. The molecule has 6 heteroatoms. The number of fused-ring (bicyclic) bond motifs is 1. The van der Waals surface area contributed by atoms with Crippen LogP contribution in [0.4, 0.5) is 4.79 Å². The lowest BCUT2D eigenvalue weighted by Gasteiger charge is -2.26. The van der Waals surface area contributed by atoms with Crippen molar-refractivity contribution in [1.82, 2.24) is 19.8 Å². The molecule has 0 saturated heterocycles. The first kappa shape index (κ1) is 18.3. The van der Waals surface area contributed by atoms with E-state index in [1.165, 1.54) is 0 Å². The van der Waals surface area contributed by atoms with E-state index in [-0.39, 0.29) is 6.04 Å². The number of amides is 1. The topological polar surface area (TPSA) is 59.4 Å². The molecule has 0 aromatic carbocycles. The summed E-state index contributed by atoms with van der Waals surface area (Å²) in [5.41, 5.74) is 0.462. The molecule has 0 unspecified atom stereocenters. The van der Waals surface area contributed by atoms with E-state index in [1.807, 2.05) is 33.9 Å². The lowest BCUT2D eigenvalue weighted by Crippen LogP contribution is -2.37. The van der Waals surface area contributed by atoms with Crippen molar-refractivity contribution in [1.29, 1.82) is 0 Å². The fraction of sp³-hybridized carbons (Fsp3) is 0.667. The van der Waals surface area contributed by atoms with E-state index in [2.05, 4.69) is 38.5 Å². The zero-order chi connectivity index (χ0) is 17.7. The Kier molecular flexibility index (Phi) is 5.89. The fourth-order valence-electron chi connectivity index (χ4n) is 2.53. The second-order valence-electron chi connectivity index (χ2n) is 7.13. The molecule has 0 saturated carbocycles. The molecule has 1 atom stereocenters. The van der Waals surface area contributed by atoms with Crippen LogP contribution in [0, 0.1) is 11.8 Å². The molecular formula is C18H28N4O2. The molecule has 0 aliphatic carbocycles. The van der Waals surface area contributed by atoms with Crippen LogP contribution >= 0.6 is 0 Å². The van der Waals surface area contributed by atoms with Crippen molar-refractivity contribution in [3.8, 4) is 11.8 Å².